The lowest BCUT2D eigenvalue weighted by atomic mass is 10.1. The van der Waals surface area contributed by atoms with E-state index in [1.807, 2.05) is 0 Å². The first-order chi connectivity index (χ1) is 10.0. The predicted octanol–water partition coefficient (Wildman–Crippen LogP) is 2.81. The van der Waals surface area contributed by atoms with E-state index in [9.17, 15) is 13.2 Å². The fraction of sp³-hybridized carbons (Fsp3) is 0.600. The van der Waals surface area contributed by atoms with Crippen LogP contribution in [0.15, 0.2) is 24.3 Å². The maximum atomic E-state index is 12.0. The third-order valence-corrected chi connectivity index (χ3v) is 3.56. The number of piperazine rings is 1. The van der Waals surface area contributed by atoms with E-state index in [4.69, 9.17) is 0 Å². The molecule has 1 fully saturated rings. The Morgan fingerprint density at radius 2 is 1.71 bits per heavy atom. The summed E-state index contributed by atoms with van der Waals surface area (Å²) in [6, 6.07) is 6.15. The van der Waals surface area contributed by atoms with Gasteiger partial charge in [-0.05, 0) is 43.5 Å². The standard InChI is InChI=1S/C15H21F3N2O/c16-15(17,18)21-14-6-4-13(5-7-14)3-1-2-10-20-11-8-19-9-12-20/h4-7,19H,1-3,8-12H2. The lowest BCUT2D eigenvalue weighted by Crippen LogP contribution is -2.43. The maximum absolute atomic E-state index is 12.0. The predicted molar refractivity (Wildman–Crippen MR) is 75.4 cm³/mol. The molecule has 1 N–H and O–H groups in total. The average molecular weight is 302 g/mol. The van der Waals surface area contributed by atoms with Crippen LogP contribution in [0.2, 0.25) is 0 Å². The van der Waals surface area contributed by atoms with Crippen molar-refractivity contribution >= 4 is 0 Å². The minimum atomic E-state index is -4.62. The molecule has 1 heterocycles. The maximum Gasteiger partial charge on any atom is 0.573 e. The second kappa shape index (κ2) is 7.66. The molecule has 1 aromatic rings. The van der Waals surface area contributed by atoms with Crippen molar-refractivity contribution in [3.63, 3.8) is 0 Å². The summed E-state index contributed by atoms with van der Waals surface area (Å²) in [7, 11) is 0. The van der Waals surface area contributed by atoms with E-state index in [0.29, 0.717) is 0 Å². The van der Waals surface area contributed by atoms with Crippen LogP contribution in [0.3, 0.4) is 0 Å². The molecule has 1 aliphatic rings. The van der Waals surface area contributed by atoms with Gasteiger partial charge in [0.05, 0.1) is 0 Å². The average Bonchev–Trinajstić information content (AvgIpc) is 2.45. The largest absolute Gasteiger partial charge is 0.573 e. The highest BCUT2D eigenvalue weighted by molar-refractivity contribution is 5.27. The van der Waals surface area contributed by atoms with E-state index in [-0.39, 0.29) is 5.75 Å². The minimum Gasteiger partial charge on any atom is -0.406 e. The van der Waals surface area contributed by atoms with Crippen molar-refractivity contribution in [2.24, 2.45) is 0 Å². The van der Waals surface area contributed by atoms with Crippen molar-refractivity contribution in [1.29, 1.82) is 0 Å². The van der Waals surface area contributed by atoms with Crippen LogP contribution in [0.5, 0.6) is 5.75 Å². The number of benzene rings is 1. The molecule has 6 heteroatoms. The van der Waals surface area contributed by atoms with Gasteiger partial charge < -0.3 is 15.0 Å². The normalized spacial score (nSPS) is 16.9. The van der Waals surface area contributed by atoms with Crippen molar-refractivity contribution in [2.75, 3.05) is 32.7 Å². The number of alkyl halides is 3. The lowest BCUT2D eigenvalue weighted by molar-refractivity contribution is -0.274. The van der Waals surface area contributed by atoms with Gasteiger partial charge in [-0.2, -0.15) is 0 Å². The number of hydrogen-bond acceptors (Lipinski definition) is 3. The molecular weight excluding hydrogens is 281 g/mol. The smallest absolute Gasteiger partial charge is 0.406 e. The first kappa shape index (κ1) is 16.1. The molecule has 21 heavy (non-hydrogen) atoms. The van der Waals surface area contributed by atoms with Gasteiger partial charge >= 0.3 is 6.36 Å². The van der Waals surface area contributed by atoms with E-state index in [2.05, 4.69) is 15.0 Å². The zero-order valence-corrected chi connectivity index (χ0v) is 12.0. The van der Waals surface area contributed by atoms with Crippen molar-refractivity contribution in [3.8, 4) is 5.75 Å². The number of aryl methyl sites for hydroxylation is 1. The number of ether oxygens (including phenoxy) is 1. The molecule has 118 valence electrons. The van der Waals surface area contributed by atoms with Gasteiger partial charge in [-0.1, -0.05) is 12.1 Å². The molecule has 0 saturated carbocycles. The summed E-state index contributed by atoms with van der Waals surface area (Å²) in [4.78, 5) is 2.44. The molecule has 0 unspecified atom stereocenters. The first-order valence-corrected chi connectivity index (χ1v) is 7.31. The summed E-state index contributed by atoms with van der Waals surface area (Å²) >= 11 is 0. The summed E-state index contributed by atoms with van der Waals surface area (Å²) in [5, 5.41) is 3.32. The highest BCUT2D eigenvalue weighted by Gasteiger charge is 2.30. The van der Waals surface area contributed by atoms with Crippen molar-refractivity contribution in [1.82, 2.24) is 10.2 Å². The highest BCUT2D eigenvalue weighted by atomic mass is 19.4. The van der Waals surface area contributed by atoms with Crippen LogP contribution in [-0.4, -0.2) is 44.0 Å². The molecule has 3 nitrogen and oxygen atoms in total. The van der Waals surface area contributed by atoms with Gasteiger partial charge in [0.2, 0.25) is 0 Å². The zero-order valence-electron chi connectivity index (χ0n) is 12.0. The molecule has 1 saturated heterocycles. The number of nitrogens with zero attached hydrogens (tertiary/aromatic N) is 1. The summed E-state index contributed by atoms with van der Waals surface area (Å²) in [6.07, 6.45) is -1.58. The molecule has 0 aromatic heterocycles. The molecule has 2 rings (SSSR count). The Balaban J connectivity index is 1.66. The number of nitrogens with one attached hydrogen (secondary N) is 1. The van der Waals surface area contributed by atoms with Crippen LogP contribution in [-0.2, 0) is 6.42 Å². The first-order valence-electron chi connectivity index (χ1n) is 7.31. The summed E-state index contributed by atoms with van der Waals surface area (Å²) in [5.41, 5.74) is 1.05. The van der Waals surface area contributed by atoms with Gasteiger partial charge in [-0.25, -0.2) is 0 Å². The number of unbranched alkanes of at least 4 members (excludes halogenated alkanes) is 1. The molecular formula is C15H21F3N2O. The Bertz CT molecular complexity index is 414. The Kier molecular flexibility index (Phi) is 5.87. The van der Waals surface area contributed by atoms with Crippen LogP contribution in [0, 0.1) is 0 Å². The van der Waals surface area contributed by atoms with Crippen LogP contribution in [0.25, 0.3) is 0 Å². The Labute approximate surface area is 123 Å². The van der Waals surface area contributed by atoms with Crippen LogP contribution in [0.1, 0.15) is 18.4 Å². The van der Waals surface area contributed by atoms with E-state index in [0.717, 1.165) is 57.5 Å². The number of halogens is 3. The van der Waals surface area contributed by atoms with Gasteiger partial charge in [0.25, 0.3) is 0 Å². The topological polar surface area (TPSA) is 24.5 Å². The van der Waals surface area contributed by atoms with Crippen LogP contribution < -0.4 is 10.1 Å². The van der Waals surface area contributed by atoms with Crippen molar-refractivity contribution < 1.29 is 17.9 Å². The van der Waals surface area contributed by atoms with E-state index >= 15 is 0 Å². The van der Waals surface area contributed by atoms with E-state index in [1.165, 1.54) is 12.1 Å². The van der Waals surface area contributed by atoms with Crippen LogP contribution in [0.4, 0.5) is 13.2 Å². The molecule has 0 amide bonds. The summed E-state index contributed by atoms with van der Waals surface area (Å²) < 4.78 is 40.0. The summed E-state index contributed by atoms with van der Waals surface area (Å²) in [5.74, 6) is -0.160. The van der Waals surface area contributed by atoms with E-state index < -0.39 is 6.36 Å². The molecule has 0 aliphatic carbocycles. The van der Waals surface area contributed by atoms with Gasteiger partial charge in [0, 0.05) is 26.2 Å². The van der Waals surface area contributed by atoms with Gasteiger partial charge in [0.1, 0.15) is 5.75 Å². The van der Waals surface area contributed by atoms with Crippen LogP contribution >= 0.6 is 0 Å². The Morgan fingerprint density at radius 3 is 2.33 bits per heavy atom. The molecule has 0 atom stereocenters. The lowest BCUT2D eigenvalue weighted by Gasteiger charge is -2.27. The van der Waals surface area contributed by atoms with Crippen molar-refractivity contribution in [2.45, 2.75) is 25.6 Å². The summed E-state index contributed by atoms with van der Waals surface area (Å²) in [6.45, 7) is 5.41. The second-order valence-electron chi connectivity index (χ2n) is 5.24. The molecule has 1 aliphatic heterocycles. The monoisotopic (exact) mass is 302 g/mol. The second-order valence-corrected chi connectivity index (χ2v) is 5.24. The van der Waals surface area contributed by atoms with Gasteiger partial charge in [-0.15, -0.1) is 13.2 Å². The third kappa shape index (κ3) is 6.35. The SMILES string of the molecule is FC(F)(F)Oc1ccc(CCCCN2CCNCC2)cc1. The fourth-order valence-corrected chi connectivity index (χ4v) is 2.46. The van der Waals surface area contributed by atoms with E-state index in [1.54, 1.807) is 12.1 Å². The molecule has 0 spiro atoms. The fourth-order valence-electron chi connectivity index (χ4n) is 2.46. The number of hydrogen-bond donors (Lipinski definition) is 1. The Morgan fingerprint density at radius 1 is 1.05 bits per heavy atom. The Hall–Kier alpha value is -1.27. The molecule has 0 bridgehead atoms. The highest BCUT2D eigenvalue weighted by Crippen LogP contribution is 2.23. The zero-order chi connectivity index (χ0) is 15.1. The van der Waals surface area contributed by atoms with Gasteiger partial charge in [0.15, 0.2) is 0 Å². The van der Waals surface area contributed by atoms with Crippen molar-refractivity contribution in [3.05, 3.63) is 29.8 Å². The number of rotatable bonds is 6. The minimum absolute atomic E-state index is 0.160. The third-order valence-electron chi connectivity index (χ3n) is 3.56. The van der Waals surface area contributed by atoms with Gasteiger partial charge in [-0.3, -0.25) is 0 Å². The molecule has 0 radical (unpaired) electrons. The quantitative estimate of drug-likeness (QED) is 0.818. The molecule has 1 aromatic carbocycles.